The van der Waals surface area contributed by atoms with Crippen LogP contribution in [0.15, 0.2) is 83.8 Å². The van der Waals surface area contributed by atoms with Crippen molar-refractivity contribution >= 4 is 15.9 Å². The molecule has 3 aromatic carbocycles. The van der Waals surface area contributed by atoms with Crippen LogP contribution in [0.5, 0.6) is 5.75 Å². The van der Waals surface area contributed by atoms with Crippen LogP contribution in [-0.4, -0.2) is 43.2 Å². The van der Waals surface area contributed by atoms with Gasteiger partial charge in [-0.3, -0.25) is 4.79 Å². The van der Waals surface area contributed by atoms with E-state index in [1.54, 1.807) is 72.7 Å². The third kappa shape index (κ3) is 4.01. The first-order valence-electron chi connectivity index (χ1n) is 10.4. The number of nitrogens with zero attached hydrogens (tertiary/aromatic N) is 2. The van der Waals surface area contributed by atoms with Gasteiger partial charge in [0.15, 0.2) is 0 Å². The van der Waals surface area contributed by atoms with Gasteiger partial charge in [-0.15, -0.1) is 0 Å². The van der Waals surface area contributed by atoms with Gasteiger partial charge >= 0.3 is 0 Å². The van der Waals surface area contributed by atoms with E-state index in [4.69, 9.17) is 4.74 Å². The van der Waals surface area contributed by atoms with Crippen LogP contribution >= 0.6 is 0 Å². The zero-order valence-electron chi connectivity index (χ0n) is 18.3. The molecule has 7 heteroatoms. The number of amides is 1. The number of rotatable bonds is 5. The van der Waals surface area contributed by atoms with Crippen molar-refractivity contribution in [1.29, 1.82) is 0 Å². The van der Waals surface area contributed by atoms with Crippen LogP contribution in [0, 0.1) is 6.92 Å². The second-order valence-electron chi connectivity index (χ2n) is 7.96. The number of carbonyl (C=O) groups excluding carboxylic acids is 1. The number of hydrogen-bond acceptors (Lipinski definition) is 4. The van der Waals surface area contributed by atoms with Gasteiger partial charge in [0.05, 0.1) is 12.0 Å². The zero-order valence-corrected chi connectivity index (χ0v) is 19.1. The number of carbonyl (C=O) groups is 1. The predicted octanol–water partition coefficient (Wildman–Crippen LogP) is 4.24. The Labute approximate surface area is 189 Å². The molecule has 1 aliphatic rings. The summed E-state index contributed by atoms with van der Waals surface area (Å²) in [5.41, 5.74) is 2.20. The van der Waals surface area contributed by atoms with E-state index in [9.17, 15) is 13.2 Å². The average Bonchev–Trinajstić information content (AvgIpc) is 3.17. The van der Waals surface area contributed by atoms with Crippen LogP contribution in [-0.2, 0) is 10.0 Å². The van der Waals surface area contributed by atoms with Gasteiger partial charge in [0, 0.05) is 18.2 Å². The molecule has 1 heterocycles. The van der Waals surface area contributed by atoms with E-state index < -0.39 is 16.2 Å². The van der Waals surface area contributed by atoms with Gasteiger partial charge < -0.3 is 9.64 Å². The third-order valence-corrected chi connectivity index (χ3v) is 7.59. The smallest absolute Gasteiger partial charge is 0.255 e. The molecule has 0 unspecified atom stereocenters. The van der Waals surface area contributed by atoms with Gasteiger partial charge in [-0.05, 0) is 55.8 Å². The van der Waals surface area contributed by atoms with E-state index in [1.165, 1.54) is 4.31 Å². The summed E-state index contributed by atoms with van der Waals surface area (Å²) in [7, 11) is -2.27. The van der Waals surface area contributed by atoms with Gasteiger partial charge in [0.25, 0.3) is 5.91 Å². The summed E-state index contributed by atoms with van der Waals surface area (Å²) < 4.78 is 34.0. The monoisotopic (exact) mass is 450 g/mol. The van der Waals surface area contributed by atoms with E-state index >= 15 is 0 Å². The Kier molecular flexibility index (Phi) is 6.04. The van der Waals surface area contributed by atoms with Crippen LogP contribution in [0.25, 0.3) is 0 Å². The van der Waals surface area contributed by atoms with Crippen LogP contribution in [0.2, 0.25) is 0 Å². The maximum Gasteiger partial charge on any atom is 0.255 e. The quantitative estimate of drug-likeness (QED) is 0.583. The molecule has 0 N–H and O–H groups in total. The molecule has 1 aliphatic heterocycles. The molecule has 32 heavy (non-hydrogen) atoms. The lowest BCUT2D eigenvalue weighted by Crippen LogP contribution is -2.39. The predicted molar refractivity (Wildman–Crippen MR) is 123 cm³/mol. The number of methoxy groups -OCH3 is 1. The fraction of sp³-hybridized carbons (Fsp3) is 0.240. The zero-order chi connectivity index (χ0) is 22.9. The first-order valence-corrected chi connectivity index (χ1v) is 11.9. The topological polar surface area (TPSA) is 66.9 Å². The normalized spacial score (nSPS) is 19.2. The molecule has 6 nitrogen and oxygen atoms in total. The molecule has 0 aliphatic carbocycles. The minimum Gasteiger partial charge on any atom is -0.497 e. The Morgan fingerprint density at radius 2 is 1.56 bits per heavy atom. The number of benzene rings is 3. The summed E-state index contributed by atoms with van der Waals surface area (Å²) in [6.45, 7) is 3.99. The van der Waals surface area contributed by atoms with Crippen molar-refractivity contribution in [3.63, 3.8) is 0 Å². The maximum atomic E-state index is 13.7. The second-order valence-corrected chi connectivity index (χ2v) is 9.85. The van der Waals surface area contributed by atoms with Crippen LogP contribution in [0.4, 0.5) is 0 Å². The molecule has 0 bridgehead atoms. The minimum absolute atomic E-state index is 0.200. The van der Waals surface area contributed by atoms with Crippen molar-refractivity contribution in [2.24, 2.45) is 0 Å². The Bertz CT molecular complexity index is 1190. The molecule has 166 valence electrons. The van der Waals surface area contributed by atoms with Crippen molar-refractivity contribution in [1.82, 2.24) is 9.21 Å². The molecule has 4 rings (SSSR count). The van der Waals surface area contributed by atoms with E-state index in [0.29, 0.717) is 16.9 Å². The lowest BCUT2D eigenvalue weighted by molar-refractivity contribution is 0.0640. The molecule has 0 aromatic heterocycles. The van der Waals surface area contributed by atoms with Gasteiger partial charge in [0.1, 0.15) is 11.9 Å². The fourth-order valence-electron chi connectivity index (χ4n) is 4.05. The molecule has 1 amide bonds. The van der Waals surface area contributed by atoms with E-state index in [-0.39, 0.29) is 23.4 Å². The molecule has 0 radical (unpaired) electrons. The summed E-state index contributed by atoms with van der Waals surface area (Å²) in [5, 5.41) is 0. The summed E-state index contributed by atoms with van der Waals surface area (Å²) in [6.07, 6.45) is -0.769. The van der Waals surface area contributed by atoms with Gasteiger partial charge in [-0.25, -0.2) is 8.42 Å². The van der Waals surface area contributed by atoms with Gasteiger partial charge in [0.2, 0.25) is 10.0 Å². The molecule has 2 atom stereocenters. The molecule has 0 spiro atoms. The lowest BCUT2D eigenvalue weighted by Gasteiger charge is -2.31. The van der Waals surface area contributed by atoms with Crippen molar-refractivity contribution in [3.8, 4) is 5.75 Å². The Morgan fingerprint density at radius 1 is 0.938 bits per heavy atom. The summed E-state index contributed by atoms with van der Waals surface area (Å²) in [6, 6.07) is 22.6. The number of ether oxygens (including phenoxy) is 1. The molecular weight excluding hydrogens is 424 g/mol. The van der Waals surface area contributed by atoms with Crippen LogP contribution in [0.1, 0.15) is 34.6 Å². The molecule has 1 saturated heterocycles. The minimum atomic E-state index is -3.84. The first-order chi connectivity index (χ1) is 15.3. The van der Waals surface area contributed by atoms with E-state index in [1.807, 2.05) is 32.0 Å². The molecule has 0 saturated carbocycles. The summed E-state index contributed by atoms with van der Waals surface area (Å²) >= 11 is 0. The first kappa shape index (κ1) is 22.0. The van der Waals surface area contributed by atoms with Crippen molar-refractivity contribution in [2.75, 3.05) is 13.7 Å². The second kappa shape index (κ2) is 8.76. The standard InChI is InChI=1S/C25H26N2O4S/c1-18-9-15-23(16-10-18)32(29,30)26-17-19(2)27(25(28)21-7-5-4-6-8-21)24(26)20-11-13-22(31-3)14-12-20/h4-16,19,24H,17H2,1-3H3/t19-,24+/m1/s1. The van der Waals surface area contributed by atoms with Crippen molar-refractivity contribution in [3.05, 3.63) is 95.6 Å². The Hall–Kier alpha value is -3.16. The maximum absolute atomic E-state index is 13.7. The Morgan fingerprint density at radius 3 is 2.16 bits per heavy atom. The van der Waals surface area contributed by atoms with Crippen LogP contribution < -0.4 is 4.74 Å². The SMILES string of the molecule is COc1ccc([C@@H]2N(C(=O)c3ccccc3)[C@H](C)CN2S(=O)(=O)c2ccc(C)cc2)cc1. The Balaban J connectivity index is 1.81. The lowest BCUT2D eigenvalue weighted by atomic mass is 10.1. The fourth-order valence-corrected chi connectivity index (χ4v) is 5.70. The number of hydrogen-bond donors (Lipinski definition) is 0. The highest BCUT2D eigenvalue weighted by molar-refractivity contribution is 7.89. The van der Waals surface area contributed by atoms with Gasteiger partial charge in [-0.1, -0.05) is 48.0 Å². The highest BCUT2D eigenvalue weighted by Gasteiger charge is 2.47. The average molecular weight is 451 g/mol. The van der Waals surface area contributed by atoms with Crippen molar-refractivity contribution in [2.45, 2.75) is 31.0 Å². The summed E-state index contributed by atoms with van der Waals surface area (Å²) in [4.78, 5) is 15.4. The largest absolute Gasteiger partial charge is 0.497 e. The summed E-state index contributed by atoms with van der Waals surface area (Å²) in [5.74, 6) is 0.453. The number of aryl methyl sites for hydroxylation is 1. The van der Waals surface area contributed by atoms with Crippen LogP contribution in [0.3, 0.4) is 0 Å². The molecule has 3 aromatic rings. The highest BCUT2D eigenvalue weighted by Crippen LogP contribution is 2.39. The van der Waals surface area contributed by atoms with E-state index in [2.05, 4.69) is 0 Å². The molecular formula is C25H26N2O4S. The number of sulfonamides is 1. The van der Waals surface area contributed by atoms with E-state index in [0.717, 1.165) is 5.56 Å². The highest BCUT2D eigenvalue weighted by atomic mass is 32.2. The van der Waals surface area contributed by atoms with Gasteiger partial charge in [-0.2, -0.15) is 4.31 Å². The third-order valence-electron chi connectivity index (χ3n) is 5.75. The van der Waals surface area contributed by atoms with Crippen molar-refractivity contribution < 1.29 is 17.9 Å². The molecule has 1 fully saturated rings.